The van der Waals surface area contributed by atoms with Crippen molar-refractivity contribution in [3.05, 3.63) is 52.0 Å². The van der Waals surface area contributed by atoms with E-state index in [2.05, 4.69) is 5.32 Å². The number of nitrogens with one attached hydrogen (secondary N) is 1. The minimum atomic E-state index is -0.161. The SMILES string of the molecule is COc1ccc(NC(=O)Cc2ccc(Cl)c(Cl)c2)cc1OC. The Labute approximate surface area is 138 Å². The van der Waals surface area contributed by atoms with Gasteiger partial charge in [0.25, 0.3) is 0 Å². The van der Waals surface area contributed by atoms with Crippen LogP contribution in [-0.2, 0) is 11.2 Å². The van der Waals surface area contributed by atoms with E-state index in [0.29, 0.717) is 27.2 Å². The number of carbonyl (C=O) groups excluding carboxylic acids is 1. The number of anilines is 1. The standard InChI is InChI=1S/C16H15Cl2NO3/c1-21-14-6-4-11(9-15(14)22-2)19-16(20)8-10-3-5-12(17)13(18)7-10/h3-7,9H,8H2,1-2H3,(H,19,20). The summed E-state index contributed by atoms with van der Waals surface area (Å²) in [6.45, 7) is 0. The lowest BCUT2D eigenvalue weighted by Gasteiger charge is -2.10. The highest BCUT2D eigenvalue weighted by molar-refractivity contribution is 6.42. The summed E-state index contributed by atoms with van der Waals surface area (Å²) in [5.41, 5.74) is 1.41. The van der Waals surface area contributed by atoms with E-state index < -0.39 is 0 Å². The van der Waals surface area contributed by atoms with Crippen molar-refractivity contribution in [3.63, 3.8) is 0 Å². The predicted octanol–water partition coefficient (Wildman–Crippen LogP) is 4.19. The van der Waals surface area contributed by atoms with E-state index in [1.165, 1.54) is 0 Å². The van der Waals surface area contributed by atoms with Crippen molar-refractivity contribution in [1.82, 2.24) is 0 Å². The van der Waals surface area contributed by atoms with Crippen LogP contribution in [0.3, 0.4) is 0 Å². The van der Waals surface area contributed by atoms with Crippen LogP contribution < -0.4 is 14.8 Å². The number of benzene rings is 2. The quantitative estimate of drug-likeness (QED) is 0.888. The molecule has 0 radical (unpaired) electrons. The molecular formula is C16H15Cl2NO3. The summed E-state index contributed by atoms with van der Waals surface area (Å²) in [5.74, 6) is 0.991. The molecule has 1 amide bonds. The Bertz CT molecular complexity index is 689. The van der Waals surface area contributed by atoms with Crippen LogP contribution in [0.2, 0.25) is 10.0 Å². The number of hydrogen-bond donors (Lipinski definition) is 1. The Morgan fingerprint density at radius 3 is 2.36 bits per heavy atom. The van der Waals surface area contributed by atoms with E-state index in [9.17, 15) is 4.79 Å². The Hall–Kier alpha value is -1.91. The molecule has 0 saturated heterocycles. The maximum atomic E-state index is 12.1. The molecule has 22 heavy (non-hydrogen) atoms. The van der Waals surface area contributed by atoms with Gasteiger partial charge >= 0.3 is 0 Å². The number of rotatable bonds is 5. The number of ether oxygens (including phenoxy) is 2. The van der Waals surface area contributed by atoms with E-state index in [4.69, 9.17) is 32.7 Å². The van der Waals surface area contributed by atoms with Crippen molar-refractivity contribution < 1.29 is 14.3 Å². The Morgan fingerprint density at radius 1 is 1.00 bits per heavy atom. The highest BCUT2D eigenvalue weighted by Gasteiger charge is 2.09. The molecule has 0 spiro atoms. The second-order valence-electron chi connectivity index (χ2n) is 4.54. The number of halogens is 2. The molecule has 0 aliphatic carbocycles. The molecule has 0 heterocycles. The lowest BCUT2D eigenvalue weighted by Crippen LogP contribution is -2.14. The summed E-state index contributed by atoms with van der Waals surface area (Å²) in [4.78, 5) is 12.1. The molecule has 4 nitrogen and oxygen atoms in total. The van der Waals surface area contributed by atoms with Crippen molar-refractivity contribution >= 4 is 34.8 Å². The fourth-order valence-electron chi connectivity index (χ4n) is 1.95. The average Bonchev–Trinajstić information content (AvgIpc) is 2.50. The maximum Gasteiger partial charge on any atom is 0.228 e. The Kier molecular flexibility index (Phi) is 5.52. The summed E-state index contributed by atoms with van der Waals surface area (Å²) in [5, 5.41) is 3.69. The van der Waals surface area contributed by atoms with E-state index in [1.807, 2.05) is 0 Å². The molecule has 6 heteroatoms. The molecular weight excluding hydrogens is 325 g/mol. The van der Waals surface area contributed by atoms with Crippen LogP contribution in [-0.4, -0.2) is 20.1 Å². The van der Waals surface area contributed by atoms with Gasteiger partial charge in [0.2, 0.25) is 5.91 Å². The third-order valence-corrected chi connectivity index (χ3v) is 3.76. The molecule has 116 valence electrons. The first-order valence-corrected chi connectivity index (χ1v) is 7.25. The molecule has 2 aromatic carbocycles. The third-order valence-electron chi connectivity index (χ3n) is 3.02. The van der Waals surface area contributed by atoms with Gasteiger partial charge in [0, 0.05) is 11.8 Å². The van der Waals surface area contributed by atoms with Crippen molar-refractivity contribution in [3.8, 4) is 11.5 Å². The monoisotopic (exact) mass is 339 g/mol. The van der Waals surface area contributed by atoms with Gasteiger partial charge in [-0.15, -0.1) is 0 Å². The third kappa shape index (κ3) is 4.06. The Morgan fingerprint density at radius 2 is 1.73 bits per heavy atom. The van der Waals surface area contributed by atoms with Crippen LogP contribution in [0, 0.1) is 0 Å². The second kappa shape index (κ2) is 7.38. The van der Waals surface area contributed by atoms with Gasteiger partial charge in [0.15, 0.2) is 11.5 Å². The molecule has 0 atom stereocenters. The van der Waals surface area contributed by atoms with Crippen molar-refractivity contribution in [1.29, 1.82) is 0 Å². The zero-order valence-electron chi connectivity index (χ0n) is 12.2. The number of amides is 1. The van der Waals surface area contributed by atoms with Gasteiger partial charge in [-0.1, -0.05) is 29.3 Å². The van der Waals surface area contributed by atoms with Gasteiger partial charge in [-0.3, -0.25) is 4.79 Å². The van der Waals surface area contributed by atoms with Gasteiger partial charge in [-0.05, 0) is 29.8 Å². The molecule has 0 aliphatic rings. The molecule has 2 rings (SSSR count). The maximum absolute atomic E-state index is 12.1. The van der Waals surface area contributed by atoms with Crippen LogP contribution >= 0.6 is 23.2 Å². The van der Waals surface area contributed by atoms with Crippen LogP contribution in [0.1, 0.15) is 5.56 Å². The normalized spacial score (nSPS) is 10.2. The van der Waals surface area contributed by atoms with Gasteiger partial charge in [-0.2, -0.15) is 0 Å². The minimum Gasteiger partial charge on any atom is -0.493 e. The van der Waals surface area contributed by atoms with E-state index in [1.54, 1.807) is 50.6 Å². The molecule has 0 aromatic heterocycles. The van der Waals surface area contributed by atoms with Crippen LogP contribution in [0.15, 0.2) is 36.4 Å². The largest absolute Gasteiger partial charge is 0.493 e. The average molecular weight is 340 g/mol. The first-order chi connectivity index (χ1) is 10.5. The summed E-state index contributed by atoms with van der Waals surface area (Å²) < 4.78 is 10.3. The van der Waals surface area contributed by atoms with E-state index >= 15 is 0 Å². The zero-order valence-corrected chi connectivity index (χ0v) is 13.7. The first kappa shape index (κ1) is 16.5. The molecule has 1 N–H and O–H groups in total. The predicted molar refractivity (Wildman–Crippen MR) is 88.3 cm³/mol. The molecule has 0 unspecified atom stereocenters. The lowest BCUT2D eigenvalue weighted by molar-refractivity contribution is -0.115. The molecule has 0 bridgehead atoms. The summed E-state index contributed by atoms with van der Waals surface area (Å²) in [6, 6.07) is 10.3. The fourth-order valence-corrected chi connectivity index (χ4v) is 2.27. The molecule has 2 aromatic rings. The zero-order chi connectivity index (χ0) is 16.1. The smallest absolute Gasteiger partial charge is 0.228 e. The topological polar surface area (TPSA) is 47.6 Å². The highest BCUT2D eigenvalue weighted by atomic mass is 35.5. The van der Waals surface area contributed by atoms with Crippen LogP contribution in [0.4, 0.5) is 5.69 Å². The minimum absolute atomic E-state index is 0.161. The molecule has 0 fully saturated rings. The fraction of sp³-hybridized carbons (Fsp3) is 0.188. The van der Waals surface area contributed by atoms with Gasteiger partial charge in [0.05, 0.1) is 30.7 Å². The number of methoxy groups -OCH3 is 2. The molecule has 0 saturated carbocycles. The van der Waals surface area contributed by atoms with Gasteiger partial charge in [-0.25, -0.2) is 0 Å². The Balaban J connectivity index is 2.07. The summed E-state index contributed by atoms with van der Waals surface area (Å²) >= 11 is 11.8. The number of hydrogen-bond acceptors (Lipinski definition) is 3. The van der Waals surface area contributed by atoms with Crippen LogP contribution in [0.25, 0.3) is 0 Å². The van der Waals surface area contributed by atoms with Gasteiger partial charge < -0.3 is 14.8 Å². The lowest BCUT2D eigenvalue weighted by atomic mass is 10.1. The van der Waals surface area contributed by atoms with Crippen molar-refractivity contribution in [2.24, 2.45) is 0 Å². The van der Waals surface area contributed by atoms with Crippen molar-refractivity contribution in [2.45, 2.75) is 6.42 Å². The summed E-state index contributed by atoms with van der Waals surface area (Å²) in [6.07, 6.45) is 0.200. The van der Waals surface area contributed by atoms with Crippen molar-refractivity contribution in [2.75, 3.05) is 19.5 Å². The van der Waals surface area contributed by atoms with E-state index in [-0.39, 0.29) is 12.3 Å². The van der Waals surface area contributed by atoms with Gasteiger partial charge in [0.1, 0.15) is 0 Å². The molecule has 0 aliphatic heterocycles. The highest BCUT2D eigenvalue weighted by Crippen LogP contribution is 2.30. The first-order valence-electron chi connectivity index (χ1n) is 6.49. The number of carbonyl (C=O) groups is 1. The second-order valence-corrected chi connectivity index (χ2v) is 5.36. The summed E-state index contributed by atoms with van der Waals surface area (Å²) in [7, 11) is 3.10. The van der Waals surface area contributed by atoms with E-state index in [0.717, 1.165) is 5.56 Å². The van der Waals surface area contributed by atoms with Crippen LogP contribution in [0.5, 0.6) is 11.5 Å².